The van der Waals surface area contributed by atoms with Crippen LogP contribution in [-0.4, -0.2) is 22.7 Å². The van der Waals surface area contributed by atoms with Crippen molar-refractivity contribution in [2.45, 2.75) is 5.60 Å². The molecule has 0 atom stereocenters. The minimum Gasteiger partial charge on any atom is -0.480 e. The number of aromatic nitrogens is 1. The normalized spacial score (nSPS) is 10.5. The molecule has 0 aliphatic heterocycles. The number of nitrogens with zero attached hydrogens (tertiary/aromatic N) is 1. The van der Waals surface area contributed by atoms with Crippen molar-refractivity contribution in [3.05, 3.63) is 138 Å². The van der Waals surface area contributed by atoms with Gasteiger partial charge in [-0.3, -0.25) is 4.98 Å². The molecule has 0 aliphatic carbocycles. The second-order valence-corrected chi connectivity index (χ2v) is 6.49. The molecule has 30 heavy (non-hydrogen) atoms. The molecule has 0 bridgehead atoms. The van der Waals surface area contributed by atoms with Crippen molar-refractivity contribution in [1.82, 2.24) is 4.98 Å². The maximum atomic E-state index is 11.2. The number of hydrogen-bond donors (Lipinski definition) is 1. The molecule has 4 aromatic rings. The first kappa shape index (κ1) is 21.0. The second kappa shape index (κ2) is 10.7. The molecule has 4 heteroatoms. The number of ether oxygens (including phenoxy) is 1. The van der Waals surface area contributed by atoms with Gasteiger partial charge in [0.25, 0.3) is 0 Å². The van der Waals surface area contributed by atoms with E-state index in [0.717, 1.165) is 16.7 Å². The first-order valence-corrected chi connectivity index (χ1v) is 9.61. The number of benzene rings is 3. The van der Waals surface area contributed by atoms with Crippen molar-refractivity contribution < 1.29 is 14.6 Å². The summed E-state index contributed by atoms with van der Waals surface area (Å²) >= 11 is 0. The summed E-state index contributed by atoms with van der Waals surface area (Å²) in [4.78, 5) is 15.0. The Bertz CT molecular complexity index is 884. The minimum absolute atomic E-state index is 0.390. The Morgan fingerprint density at radius 2 is 1.03 bits per heavy atom. The van der Waals surface area contributed by atoms with Crippen molar-refractivity contribution in [3.63, 3.8) is 0 Å². The summed E-state index contributed by atoms with van der Waals surface area (Å²) < 4.78 is 6.05. The van der Waals surface area contributed by atoms with Gasteiger partial charge in [-0.05, 0) is 28.8 Å². The Morgan fingerprint density at radius 1 is 0.667 bits per heavy atom. The maximum Gasteiger partial charge on any atom is 0.329 e. The summed E-state index contributed by atoms with van der Waals surface area (Å²) in [7, 11) is 0. The van der Waals surface area contributed by atoms with Gasteiger partial charge >= 0.3 is 5.97 Å². The molecule has 0 unspecified atom stereocenters. The van der Waals surface area contributed by atoms with E-state index in [1.807, 2.05) is 109 Å². The van der Waals surface area contributed by atoms with Gasteiger partial charge in [-0.2, -0.15) is 0 Å². The molecule has 0 radical (unpaired) electrons. The number of carbonyl (C=O) groups is 1. The third-order valence-electron chi connectivity index (χ3n) is 4.52. The molecule has 150 valence electrons. The first-order chi connectivity index (χ1) is 14.7. The Kier molecular flexibility index (Phi) is 7.47. The zero-order valence-electron chi connectivity index (χ0n) is 16.5. The number of hydrogen-bond acceptors (Lipinski definition) is 3. The van der Waals surface area contributed by atoms with Gasteiger partial charge in [0, 0.05) is 12.4 Å². The molecule has 0 fully saturated rings. The van der Waals surface area contributed by atoms with Gasteiger partial charge in [0.1, 0.15) is 12.2 Å². The smallest absolute Gasteiger partial charge is 0.329 e. The monoisotopic (exact) mass is 397 g/mol. The van der Waals surface area contributed by atoms with Gasteiger partial charge in [0.2, 0.25) is 0 Å². The van der Waals surface area contributed by atoms with Gasteiger partial charge in [-0.1, -0.05) is 97.1 Å². The van der Waals surface area contributed by atoms with Gasteiger partial charge in [0.15, 0.2) is 0 Å². The molecule has 0 saturated carbocycles. The van der Waals surface area contributed by atoms with Crippen LogP contribution in [0.4, 0.5) is 0 Å². The van der Waals surface area contributed by atoms with Crippen LogP contribution < -0.4 is 0 Å². The Morgan fingerprint density at radius 3 is 1.30 bits per heavy atom. The Hall–Kier alpha value is -3.76. The van der Waals surface area contributed by atoms with E-state index in [-0.39, 0.29) is 0 Å². The van der Waals surface area contributed by atoms with E-state index in [9.17, 15) is 9.90 Å². The predicted molar refractivity (Wildman–Crippen MR) is 117 cm³/mol. The number of pyridine rings is 1. The molecule has 0 aliphatic rings. The van der Waals surface area contributed by atoms with E-state index in [1.165, 1.54) is 0 Å². The van der Waals surface area contributed by atoms with Crippen LogP contribution >= 0.6 is 0 Å². The number of aliphatic carboxylic acids is 1. The van der Waals surface area contributed by atoms with Crippen molar-refractivity contribution >= 4 is 5.97 Å². The fourth-order valence-electron chi connectivity index (χ4n) is 3.25. The summed E-state index contributed by atoms with van der Waals surface area (Å²) in [5.41, 5.74) is 1.71. The minimum atomic E-state index is -0.998. The molecule has 3 aromatic carbocycles. The van der Waals surface area contributed by atoms with Crippen LogP contribution in [0.25, 0.3) is 0 Å². The molecule has 4 rings (SSSR count). The average Bonchev–Trinajstić information content (AvgIpc) is 2.83. The van der Waals surface area contributed by atoms with Crippen LogP contribution in [0.2, 0.25) is 0 Å². The number of carboxylic acid groups (broad SMARTS) is 1. The lowest BCUT2D eigenvalue weighted by Crippen LogP contribution is -2.34. The summed E-state index contributed by atoms with van der Waals surface area (Å²) in [6.07, 6.45) is 3.50. The van der Waals surface area contributed by atoms with Crippen LogP contribution in [0.15, 0.2) is 122 Å². The molecular formula is C26H23NO3. The molecular weight excluding hydrogens is 374 g/mol. The molecule has 0 amide bonds. The van der Waals surface area contributed by atoms with Crippen LogP contribution in [0, 0.1) is 0 Å². The average molecular weight is 397 g/mol. The van der Waals surface area contributed by atoms with E-state index in [2.05, 4.69) is 4.98 Å². The van der Waals surface area contributed by atoms with Crippen LogP contribution in [-0.2, 0) is 15.1 Å². The van der Waals surface area contributed by atoms with E-state index in [0.29, 0.717) is 0 Å². The van der Waals surface area contributed by atoms with Crippen LogP contribution in [0.5, 0.6) is 0 Å². The van der Waals surface area contributed by atoms with E-state index < -0.39 is 18.2 Å². The highest BCUT2D eigenvalue weighted by Crippen LogP contribution is 2.40. The van der Waals surface area contributed by atoms with Gasteiger partial charge in [-0.25, -0.2) is 4.79 Å². The van der Waals surface area contributed by atoms with Crippen molar-refractivity contribution in [1.29, 1.82) is 0 Å². The lowest BCUT2D eigenvalue weighted by atomic mass is 9.80. The molecule has 1 N–H and O–H groups in total. The highest BCUT2D eigenvalue weighted by molar-refractivity contribution is 5.68. The van der Waals surface area contributed by atoms with Crippen molar-refractivity contribution in [2.24, 2.45) is 0 Å². The highest BCUT2D eigenvalue weighted by Gasteiger charge is 2.37. The lowest BCUT2D eigenvalue weighted by Gasteiger charge is -2.35. The number of carboxylic acids is 1. The third kappa shape index (κ3) is 5.19. The van der Waals surface area contributed by atoms with Crippen molar-refractivity contribution in [3.8, 4) is 0 Å². The summed E-state index contributed by atoms with van der Waals surface area (Å²) in [6, 6.07) is 34.9. The van der Waals surface area contributed by atoms with E-state index >= 15 is 0 Å². The zero-order chi connectivity index (χ0) is 21.1. The largest absolute Gasteiger partial charge is 0.480 e. The van der Waals surface area contributed by atoms with Gasteiger partial charge < -0.3 is 9.84 Å². The quantitative estimate of drug-likeness (QED) is 0.457. The fourth-order valence-corrected chi connectivity index (χ4v) is 3.25. The summed E-state index contributed by atoms with van der Waals surface area (Å²) in [6.45, 7) is -0.390. The fraction of sp³-hybridized carbons (Fsp3) is 0.0769. The van der Waals surface area contributed by atoms with Gasteiger partial charge in [0.05, 0.1) is 0 Å². The molecule has 4 nitrogen and oxygen atoms in total. The molecule has 1 aromatic heterocycles. The molecule has 1 heterocycles. The lowest BCUT2D eigenvalue weighted by molar-refractivity contribution is -0.146. The Balaban J connectivity index is 0.000000367. The topological polar surface area (TPSA) is 59.4 Å². The summed E-state index contributed by atoms with van der Waals surface area (Å²) in [5.74, 6) is -0.998. The van der Waals surface area contributed by atoms with E-state index in [1.54, 1.807) is 12.4 Å². The first-order valence-electron chi connectivity index (χ1n) is 9.61. The third-order valence-corrected chi connectivity index (χ3v) is 4.52. The standard InChI is InChI=1S/C21H18O3.C5H5N/c22-20(23)16-24-21(17-10-4-1-5-11-17,18-12-6-2-7-13-18)19-14-8-3-9-15-19;1-2-4-6-5-3-1/h1-15H,16H2,(H,22,23);1-5H. The highest BCUT2D eigenvalue weighted by atomic mass is 16.5. The number of rotatable bonds is 6. The second-order valence-electron chi connectivity index (χ2n) is 6.49. The summed E-state index contributed by atoms with van der Waals surface area (Å²) in [5, 5.41) is 9.19. The zero-order valence-corrected chi connectivity index (χ0v) is 16.5. The van der Waals surface area contributed by atoms with E-state index in [4.69, 9.17) is 4.74 Å². The Labute approximate surface area is 176 Å². The van der Waals surface area contributed by atoms with Crippen LogP contribution in [0.3, 0.4) is 0 Å². The maximum absolute atomic E-state index is 11.2. The van der Waals surface area contributed by atoms with Crippen LogP contribution in [0.1, 0.15) is 16.7 Å². The molecule has 0 saturated heterocycles. The predicted octanol–water partition coefficient (Wildman–Crippen LogP) is 5.16. The van der Waals surface area contributed by atoms with Gasteiger partial charge in [-0.15, -0.1) is 0 Å². The van der Waals surface area contributed by atoms with Crippen molar-refractivity contribution in [2.75, 3.05) is 6.61 Å². The SMILES string of the molecule is O=C(O)COC(c1ccccc1)(c1ccccc1)c1ccccc1.c1ccncc1. The molecule has 0 spiro atoms.